The first kappa shape index (κ1) is 31.6. The van der Waals surface area contributed by atoms with Crippen molar-refractivity contribution in [1.82, 2.24) is 9.80 Å². The van der Waals surface area contributed by atoms with Crippen LogP contribution in [0.25, 0.3) is 0 Å². The van der Waals surface area contributed by atoms with Gasteiger partial charge in [0.2, 0.25) is 47.3 Å². The van der Waals surface area contributed by atoms with Gasteiger partial charge in [-0.1, -0.05) is 35.4 Å². The lowest BCUT2D eigenvalue weighted by Gasteiger charge is -2.67. The number of carbonyl (C=O) groups excluding carboxylic acids is 8. The van der Waals surface area contributed by atoms with Crippen LogP contribution >= 0.6 is 0 Å². The van der Waals surface area contributed by atoms with Crippen molar-refractivity contribution in [3.63, 3.8) is 0 Å². The lowest BCUT2D eigenvalue weighted by molar-refractivity contribution is -0.243. The molecule has 4 heterocycles. The Morgan fingerprint density at radius 2 is 0.708 bits per heavy atom. The lowest BCUT2D eigenvalue weighted by Crippen LogP contribution is -2.77. The molecule has 0 N–H and O–H groups in total. The molecule has 248 valence electrons. The molecule has 4 aliphatic heterocycles. The molecule has 8 unspecified atom stereocenters. The van der Waals surface area contributed by atoms with Crippen molar-refractivity contribution in [2.75, 3.05) is 23.9 Å². The number of carbonyl (C=O) groups is 8. The third-order valence-corrected chi connectivity index (χ3v) is 13.1. The van der Waals surface area contributed by atoms with Gasteiger partial charge in [0, 0.05) is 14.1 Å². The molecule has 2 aromatic rings. The number of benzene rings is 2. The molecule has 8 amide bonds. The average molecular weight is 653 g/mol. The second kappa shape index (κ2) is 9.33. The summed E-state index contributed by atoms with van der Waals surface area (Å²) >= 11 is 0. The zero-order chi connectivity index (χ0) is 35.2. The SMILES string of the molecule is Cc1ccc(N2C(=O)C3(C)C4(C)C(=O)N(C)C(=O)C4(C)C3(C)C2=O)cc1.Cc1ccc(N2C(=O)C3C4C(=O)N(C)C(=O)C4C3C2=O)cc1. The molecule has 48 heavy (non-hydrogen) atoms. The second-order valence-electron chi connectivity index (χ2n) is 14.6. The van der Waals surface area contributed by atoms with E-state index in [2.05, 4.69) is 0 Å². The summed E-state index contributed by atoms with van der Waals surface area (Å²) in [6.45, 7) is 10.5. The molecule has 6 aliphatic rings. The highest BCUT2D eigenvalue weighted by molar-refractivity contribution is 6.33. The van der Waals surface area contributed by atoms with Crippen LogP contribution in [0.3, 0.4) is 0 Å². The van der Waals surface area contributed by atoms with Crippen LogP contribution in [0, 0.1) is 59.2 Å². The van der Waals surface area contributed by atoms with Gasteiger partial charge in [0.25, 0.3) is 0 Å². The number of hydrogen-bond donors (Lipinski definition) is 0. The van der Waals surface area contributed by atoms with Gasteiger partial charge < -0.3 is 0 Å². The van der Waals surface area contributed by atoms with E-state index in [-0.39, 0.29) is 23.6 Å². The molecule has 12 heteroatoms. The summed E-state index contributed by atoms with van der Waals surface area (Å²) in [5.41, 5.74) is -2.02. The maximum atomic E-state index is 13.5. The first-order valence-electron chi connectivity index (χ1n) is 15.9. The Morgan fingerprint density at radius 1 is 0.417 bits per heavy atom. The summed E-state index contributed by atoms with van der Waals surface area (Å²) < 4.78 is 0. The highest BCUT2D eigenvalue weighted by Gasteiger charge is 2.96. The van der Waals surface area contributed by atoms with E-state index in [0.717, 1.165) is 30.7 Å². The number of fused-ring (bicyclic) bond motifs is 8. The van der Waals surface area contributed by atoms with E-state index in [1.54, 1.807) is 52.0 Å². The van der Waals surface area contributed by atoms with Crippen molar-refractivity contribution >= 4 is 58.6 Å². The Labute approximate surface area is 277 Å². The van der Waals surface area contributed by atoms with Gasteiger partial charge in [-0.05, 0) is 65.8 Å². The monoisotopic (exact) mass is 652 g/mol. The minimum atomic E-state index is -1.27. The van der Waals surface area contributed by atoms with E-state index in [1.165, 1.54) is 14.1 Å². The predicted octanol–water partition coefficient (Wildman–Crippen LogP) is 2.25. The summed E-state index contributed by atoms with van der Waals surface area (Å²) in [6.07, 6.45) is 0. The van der Waals surface area contributed by atoms with Crippen molar-refractivity contribution < 1.29 is 38.4 Å². The van der Waals surface area contributed by atoms with Crippen LogP contribution in [0.5, 0.6) is 0 Å². The third-order valence-electron chi connectivity index (χ3n) is 13.1. The Balaban J connectivity index is 0.000000154. The largest absolute Gasteiger partial charge is 0.285 e. The van der Waals surface area contributed by atoms with Gasteiger partial charge in [0.15, 0.2) is 0 Å². The minimum Gasteiger partial charge on any atom is -0.285 e. The molecular formula is C36H36N4O8. The number of nitrogens with zero attached hydrogens (tertiary/aromatic N) is 4. The van der Waals surface area contributed by atoms with Gasteiger partial charge in [0.05, 0.1) is 56.7 Å². The van der Waals surface area contributed by atoms with Crippen LogP contribution in [0.15, 0.2) is 48.5 Å². The molecule has 4 saturated heterocycles. The van der Waals surface area contributed by atoms with Crippen LogP contribution in [-0.2, 0) is 38.4 Å². The summed E-state index contributed by atoms with van der Waals surface area (Å²) in [5.74, 6) is -5.70. The number of aryl methyl sites for hydroxylation is 2. The fourth-order valence-electron chi connectivity index (χ4n) is 9.77. The minimum absolute atomic E-state index is 0.344. The number of likely N-dealkylation sites (tertiary alicyclic amines) is 2. The van der Waals surface area contributed by atoms with E-state index < -0.39 is 69.0 Å². The Kier molecular flexibility index (Phi) is 6.14. The van der Waals surface area contributed by atoms with Crippen LogP contribution in [0.4, 0.5) is 11.4 Å². The zero-order valence-electron chi connectivity index (χ0n) is 28.0. The Morgan fingerprint density at radius 3 is 1.06 bits per heavy atom. The maximum absolute atomic E-state index is 13.5. The smallest absolute Gasteiger partial charge is 0.241 e. The van der Waals surface area contributed by atoms with Gasteiger partial charge in [-0.25, -0.2) is 4.90 Å². The fourth-order valence-corrected chi connectivity index (χ4v) is 9.77. The van der Waals surface area contributed by atoms with Crippen LogP contribution in [-0.4, -0.2) is 71.2 Å². The van der Waals surface area contributed by atoms with Crippen molar-refractivity contribution in [3.8, 4) is 0 Å². The lowest BCUT2D eigenvalue weighted by atomic mass is 9.27. The van der Waals surface area contributed by atoms with Crippen molar-refractivity contribution in [2.45, 2.75) is 41.5 Å². The third kappa shape index (κ3) is 3.04. The molecule has 2 saturated carbocycles. The topological polar surface area (TPSA) is 150 Å². The van der Waals surface area contributed by atoms with Gasteiger partial charge in [0.1, 0.15) is 0 Å². The number of hydrogen-bond acceptors (Lipinski definition) is 8. The normalized spacial score (nSPS) is 37.7. The van der Waals surface area contributed by atoms with Gasteiger partial charge in [-0.2, -0.15) is 0 Å². The van der Waals surface area contributed by atoms with E-state index in [1.807, 2.05) is 38.1 Å². The average Bonchev–Trinajstić information content (AvgIpc) is 3.48. The standard InChI is InChI=1S/C20H22N2O4.C16H14N2O4/c1-11-7-9-12(10-8-11)22-15(25)19(4)17(2)13(23)21(6)14(24)18(17,3)20(19,5)16(22)26;1-7-3-5-8(6-4-7)18-15(21)11-9-10(12(11)16(18)22)14(20)17(2)13(9)19/h7-10H,1-6H3;3-6,9-12H,1-2H3. The van der Waals surface area contributed by atoms with Crippen molar-refractivity contribution in [2.24, 2.45) is 45.3 Å². The second-order valence-corrected chi connectivity index (χ2v) is 14.6. The molecule has 0 radical (unpaired) electrons. The highest BCUT2D eigenvalue weighted by Crippen LogP contribution is 2.84. The van der Waals surface area contributed by atoms with E-state index >= 15 is 0 Å². The quantitative estimate of drug-likeness (QED) is 0.449. The van der Waals surface area contributed by atoms with Crippen molar-refractivity contribution in [1.29, 1.82) is 0 Å². The van der Waals surface area contributed by atoms with E-state index in [0.29, 0.717) is 11.4 Å². The van der Waals surface area contributed by atoms with Gasteiger partial charge >= 0.3 is 0 Å². The number of amides is 8. The molecule has 0 spiro atoms. The molecular weight excluding hydrogens is 616 g/mol. The van der Waals surface area contributed by atoms with Gasteiger partial charge in [-0.3, -0.25) is 53.1 Å². The molecule has 8 rings (SSSR count). The first-order chi connectivity index (χ1) is 22.3. The Hall–Kier alpha value is -5.00. The number of imide groups is 4. The predicted molar refractivity (Wildman–Crippen MR) is 169 cm³/mol. The van der Waals surface area contributed by atoms with Crippen LogP contribution in [0.1, 0.15) is 38.8 Å². The van der Waals surface area contributed by atoms with Gasteiger partial charge in [-0.15, -0.1) is 0 Å². The Bertz CT molecular complexity index is 1850. The fraction of sp³-hybridized carbons (Fsp3) is 0.444. The molecule has 0 aromatic heterocycles. The molecule has 8 atom stereocenters. The maximum Gasteiger partial charge on any atom is 0.241 e. The van der Waals surface area contributed by atoms with Crippen LogP contribution in [0.2, 0.25) is 0 Å². The molecule has 12 nitrogen and oxygen atoms in total. The first-order valence-corrected chi connectivity index (χ1v) is 15.9. The van der Waals surface area contributed by atoms with Crippen LogP contribution < -0.4 is 9.80 Å². The summed E-state index contributed by atoms with van der Waals surface area (Å²) in [6, 6.07) is 14.2. The molecule has 6 fully saturated rings. The van der Waals surface area contributed by atoms with E-state index in [9.17, 15) is 38.4 Å². The summed E-state index contributed by atoms with van der Waals surface area (Å²) in [7, 11) is 2.83. The number of rotatable bonds is 2. The van der Waals surface area contributed by atoms with Crippen molar-refractivity contribution in [3.05, 3.63) is 59.7 Å². The summed E-state index contributed by atoms with van der Waals surface area (Å²) in [4.78, 5) is 107. The highest BCUT2D eigenvalue weighted by atomic mass is 16.2. The summed E-state index contributed by atoms with van der Waals surface area (Å²) in [5, 5.41) is 0. The molecule has 2 aliphatic carbocycles. The molecule has 0 bridgehead atoms. The number of anilines is 2. The van der Waals surface area contributed by atoms with E-state index in [4.69, 9.17) is 0 Å². The molecule has 2 aromatic carbocycles. The zero-order valence-corrected chi connectivity index (χ0v) is 28.0.